The quantitative estimate of drug-likeness (QED) is 0.919. The largest absolute Gasteiger partial charge is 0.390 e. The maximum absolute atomic E-state index is 12.7. The van der Waals surface area contributed by atoms with Crippen molar-refractivity contribution in [1.82, 2.24) is 4.90 Å². The number of carbonyl (C=O) groups excluding carboxylic acids is 1. The molecule has 1 aromatic carbocycles. The maximum Gasteiger partial charge on any atom is 0.253 e. The van der Waals surface area contributed by atoms with Crippen LogP contribution in [0.5, 0.6) is 0 Å². The zero-order chi connectivity index (χ0) is 16.0. The van der Waals surface area contributed by atoms with Crippen LogP contribution in [0.2, 0.25) is 0 Å². The van der Waals surface area contributed by atoms with E-state index in [-0.39, 0.29) is 5.91 Å². The predicted molar refractivity (Wildman–Crippen MR) is 90.0 cm³/mol. The van der Waals surface area contributed by atoms with Gasteiger partial charge in [0.2, 0.25) is 0 Å². The summed E-state index contributed by atoms with van der Waals surface area (Å²) in [6.45, 7) is 5.41. The smallest absolute Gasteiger partial charge is 0.253 e. The van der Waals surface area contributed by atoms with E-state index in [1.807, 2.05) is 43.0 Å². The van der Waals surface area contributed by atoms with Crippen molar-refractivity contribution in [3.8, 4) is 0 Å². The Hall–Kier alpha value is -1.35. The summed E-state index contributed by atoms with van der Waals surface area (Å²) in [6.07, 6.45) is 7.49. The second-order valence-electron chi connectivity index (χ2n) is 7.07. The molecule has 1 aromatic rings. The predicted octanol–water partition coefficient (Wildman–Crippen LogP) is 3.80. The first-order valence-corrected chi connectivity index (χ1v) is 8.56. The molecule has 1 N–H and O–H groups in total. The number of carbonyl (C=O) groups is 1. The molecule has 2 rings (SSSR count). The molecular formula is C19H29NO2. The molecule has 0 aliphatic carbocycles. The van der Waals surface area contributed by atoms with E-state index in [2.05, 4.69) is 0 Å². The third-order valence-corrected chi connectivity index (χ3v) is 4.34. The average molecular weight is 303 g/mol. The highest BCUT2D eigenvalue weighted by molar-refractivity contribution is 5.94. The summed E-state index contributed by atoms with van der Waals surface area (Å²) in [6, 6.07) is 7.90. The van der Waals surface area contributed by atoms with Gasteiger partial charge in [0.25, 0.3) is 5.91 Å². The van der Waals surface area contributed by atoms with Crippen LogP contribution >= 0.6 is 0 Å². The Balaban J connectivity index is 2.02. The third-order valence-electron chi connectivity index (χ3n) is 4.34. The van der Waals surface area contributed by atoms with E-state index in [4.69, 9.17) is 0 Å². The van der Waals surface area contributed by atoms with E-state index >= 15 is 0 Å². The van der Waals surface area contributed by atoms with Crippen LogP contribution in [0.25, 0.3) is 0 Å². The second-order valence-corrected chi connectivity index (χ2v) is 7.07. The van der Waals surface area contributed by atoms with Gasteiger partial charge in [-0.2, -0.15) is 0 Å². The van der Waals surface area contributed by atoms with Crippen LogP contribution in [0, 0.1) is 0 Å². The summed E-state index contributed by atoms with van der Waals surface area (Å²) in [5.74, 6) is 0.159. The number of hydrogen-bond acceptors (Lipinski definition) is 2. The van der Waals surface area contributed by atoms with Crippen LogP contribution in [0.1, 0.15) is 68.3 Å². The normalized spacial score (nSPS) is 17.0. The van der Waals surface area contributed by atoms with Crippen molar-refractivity contribution >= 4 is 5.91 Å². The number of amides is 1. The summed E-state index contributed by atoms with van der Waals surface area (Å²) in [5.41, 5.74) is 1.25. The molecule has 1 amide bonds. The first-order valence-electron chi connectivity index (χ1n) is 8.56. The fourth-order valence-corrected chi connectivity index (χ4v) is 2.94. The molecule has 0 unspecified atom stereocenters. The summed E-state index contributed by atoms with van der Waals surface area (Å²) in [7, 11) is 0. The zero-order valence-corrected chi connectivity index (χ0v) is 14.0. The van der Waals surface area contributed by atoms with Gasteiger partial charge in [0.1, 0.15) is 0 Å². The number of nitrogens with zero attached hydrogens (tertiary/aromatic N) is 1. The maximum atomic E-state index is 12.7. The number of aryl methyl sites for hydroxylation is 1. The van der Waals surface area contributed by atoms with Crippen molar-refractivity contribution in [3.63, 3.8) is 0 Å². The molecule has 22 heavy (non-hydrogen) atoms. The summed E-state index contributed by atoms with van der Waals surface area (Å²) < 4.78 is 0. The van der Waals surface area contributed by atoms with E-state index in [0.29, 0.717) is 6.42 Å². The molecular weight excluding hydrogens is 274 g/mol. The molecule has 1 aliphatic heterocycles. The second kappa shape index (κ2) is 7.77. The zero-order valence-electron chi connectivity index (χ0n) is 14.0. The van der Waals surface area contributed by atoms with E-state index in [1.54, 1.807) is 0 Å². The van der Waals surface area contributed by atoms with Crippen molar-refractivity contribution in [2.24, 2.45) is 0 Å². The first kappa shape index (κ1) is 17.0. The molecule has 0 aromatic heterocycles. The Morgan fingerprint density at radius 2 is 1.77 bits per heavy atom. The molecule has 1 saturated heterocycles. The molecule has 1 fully saturated rings. The Kier molecular flexibility index (Phi) is 6.01. The minimum absolute atomic E-state index is 0.159. The van der Waals surface area contributed by atoms with Crippen molar-refractivity contribution in [2.45, 2.75) is 64.4 Å². The van der Waals surface area contributed by atoms with E-state index in [1.165, 1.54) is 19.3 Å². The lowest BCUT2D eigenvalue weighted by Gasteiger charge is -2.25. The van der Waals surface area contributed by atoms with Gasteiger partial charge in [-0.25, -0.2) is 0 Å². The monoisotopic (exact) mass is 303 g/mol. The minimum Gasteiger partial charge on any atom is -0.390 e. The molecule has 122 valence electrons. The minimum atomic E-state index is -0.664. The van der Waals surface area contributed by atoms with Crippen LogP contribution in [0.15, 0.2) is 24.3 Å². The Morgan fingerprint density at radius 3 is 2.41 bits per heavy atom. The van der Waals surface area contributed by atoms with Gasteiger partial charge < -0.3 is 10.0 Å². The van der Waals surface area contributed by atoms with Gasteiger partial charge in [-0.3, -0.25) is 4.79 Å². The lowest BCUT2D eigenvalue weighted by molar-refractivity contribution is 0.0714. The van der Waals surface area contributed by atoms with Gasteiger partial charge >= 0.3 is 0 Å². The summed E-state index contributed by atoms with van der Waals surface area (Å²) in [4.78, 5) is 14.7. The van der Waals surface area contributed by atoms with Gasteiger partial charge in [-0.1, -0.05) is 31.4 Å². The standard InChI is InChI=1S/C19H29NO2/c1-19(2,22)12-11-16-9-8-10-17(15-16)18(21)20-13-6-4-3-5-7-14-20/h8-10,15,22H,3-7,11-14H2,1-2H3. The van der Waals surface area contributed by atoms with E-state index in [0.717, 1.165) is 43.5 Å². The highest BCUT2D eigenvalue weighted by atomic mass is 16.3. The SMILES string of the molecule is CC(C)(O)CCc1cccc(C(=O)N2CCCCCCC2)c1. The number of rotatable bonds is 4. The van der Waals surface area contributed by atoms with E-state index < -0.39 is 5.60 Å². The van der Waals surface area contributed by atoms with Crippen molar-refractivity contribution < 1.29 is 9.90 Å². The molecule has 0 saturated carbocycles. The topological polar surface area (TPSA) is 40.5 Å². The molecule has 0 spiro atoms. The molecule has 0 bridgehead atoms. The molecule has 3 nitrogen and oxygen atoms in total. The van der Waals surface area contributed by atoms with E-state index in [9.17, 15) is 9.90 Å². The van der Waals surface area contributed by atoms with Crippen molar-refractivity contribution in [3.05, 3.63) is 35.4 Å². The van der Waals surface area contributed by atoms with Crippen LogP contribution in [-0.2, 0) is 6.42 Å². The fraction of sp³-hybridized carbons (Fsp3) is 0.632. The van der Waals surface area contributed by atoms with Crippen molar-refractivity contribution in [2.75, 3.05) is 13.1 Å². The van der Waals surface area contributed by atoms with Gasteiger partial charge in [-0.05, 0) is 57.2 Å². The number of aliphatic hydroxyl groups is 1. The lowest BCUT2D eigenvalue weighted by atomic mass is 9.97. The summed E-state index contributed by atoms with van der Waals surface area (Å²) in [5, 5.41) is 9.84. The fourth-order valence-electron chi connectivity index (χ4n) is 2.94. The van der Waals surface area contributed by atoms with Crippen LogP contribution in [-0.4, -0.2) is 34.6 Å². The number of benzene rings is 1. The number of hydrogen-bond donors (Lipinski definition) is 1. The highest BCUT2D eigenvalue weighted by Crippen LogP contribution is 2.17. The van der Waals surface area contributed by atoms with Crippen LogP contribution in [0.3, 0.4) is 0 Å². The highest BCUT2D eigenvalue weighted by Gasteiger charge is 2.17. The molecule has 3 heteroatoms. The van der Waals surface area contributed by atoms with Crippen LogP contribution in [0.4, 0.5) is 0 Å². The molecule has 1 heterocycles. The van der Waals surface area contributed by atoms with Gasteiger partial charge in [0.05, 0.1) is 5.60 Å². The van der Waals surface area contributed by atoms with Gasteiger partial charge in [0.15, 0.2) is 0 Å². The molecule has 0 radical (unpaired) electrons. The average Bonchev–Trinajstić information content (AvgIpc) is 2.44. The third kappa shape index (κ3) is 5.45. The Labute approximate surface area is 134 Å². The first-order chi connectivity index (χ1) is 10.5. The Morgan fingerprint density at radius 1 is 1.14 bits per heavy atom. The Bertz CT molecular complexity index is 482. The molecule has 1 aliphatic rings. The van der Waals surface area contributed by atoms with Gasteiger partial charge in [0, 0.05) is 18.7 Å². The number of likely N-dealkylation sites (tertiary alicyclic amines) is 1. The van der Waals surface area contributed by atoms with Gasteiger partial charge in [-0.15, -0.1) is 0 Å². The summed E-state index contributed by atoms with van der Waals surface area (Å²) >= 11 is 0. The van der Waals surface area contributed by atoms with Crippen molar-refractivity contribution in [1.29, 1.82) is 0 Å². The van der Waals surface area contributed by atoms with Crippen LogP contribution < -0.4 is 0 Å². The molecule has 0 atom stereocenters. The lowest BCUT2D eigenvalue weighted by Crippen LogP contribution is -2.33.